The van der Waals surface area contributed by atoms with Gasteiger partial charge in [-0.15, -0.1) is 0 Å². The van der Waals surface area contributed by atoms with E-state index in [0.717, 1.165) is 109 Å². The Labute approximate surface area is 553 Å². The van der Waals surface area contributed by atoms with Crippen molar-refractivity contribution in [1.82, 2.24) is 5.32 Å². The normalized spacial score (nSPS) is 18.7. The number of allylic oxidation sites excluding steroid dienone is 23. The van der Waals surface area contributed by atoms with Crippen molar-refractivity contribution in [2.45, 2.75) is 346 Å². The molecule has 1 aliphatic rings. The fraction of sp³-hybridized carbons (Fsp3) is 0.691. The number of rotatable bonds is 63. The van der Waals surface area contributed by atoms with Crippen LogP contribution in [0.4, 0.5) is 0 Å². The van der Waals surface area contributed by atoms with Gasteiger partial charge in [0.2, 0.25) is 5.91 Å². The van der Waals surface area contributed by atoms with E-state index in [4.69, 9.17) is 9.47 Å². The van der Waals surface area contributed by atoms with Crippen LogP contribution in [0.3, 0.4) is 0 Å². The lowest BCUT2D eigenvalue weighted by Crippen LogP contribution is -2.60. The van der Waals surface area contributed by atoms with Gasteiger partial charge in [-0.1, -0.05) is 333 Å². The van der Waals surface area contributed by atoms with Crippen LogP contribution in [0, 0.1) is 0 Å². The number of hydrogen-bond acceptors (Lipinski definition) is 8. The molecular weight excluding hydrogens is 1110 g/mol. The van der Waals surface area contributed by atoms with Crippen LogP contribution in [-0.2, 0) is 14.3 Å². The van der Waals surface area contributed by atoms with E-state index in [9.17, 15) is 30.3 Å². The molecule has 90 heavy (non-hydrogen) atoms. The van der Waals surface area contributed by atoms with Crippen LogP contribution in [0.5, 0.6) is 0 Å². The van der Waals surface area contributed by atoms with Crippen LogP contribution in [0.1, 0.15) is 303 Å². The summed E-state index contributed by atoms with van der Waals surface area (Å²) in [5.41, 5.74) is 0. The molecular formula is C81H137NO8. The summed E-state index contributed by atoms with van der Waals surface area (Å²) in [6.45, 7) is 3.66. The van der Waals surface area contributed by atoms with E-state index < -0.39 is 49.5 Å². The van der Waals surface area contributed by atoms with E-state index in [1.807, 2.05) is 6.08 Å². The lowest BCUT2D eigenvalue weighted by atomic mass is 9.99. The third-order valence-corrected chi connectivity index (χ3v) is 16.6. The zero-order valence-electron chi connectivity index (χ0n) is 57.6. The molecule has 0 saturated carbocycles. The van der Waals surface area contributed by atoms with Gasteiger partial charge >= 0.3 is 0 Å². The van der Waals surface area contributed by atoms with Crippen LogP contribution < -0.4 is 5.32 Å². The van der Waals surface area contributed by atoms with Gasteiger partial charge in [0.05, 0.1) is 25.4 Å². The summed E-state index contributed by atoms with van der Waals surface area (Å²) in [7, 11) is 0. The predicted molar refractivity (Wildman–Crippen MR) is 386 cm³/mol. The number of hydrogen-bond donors (Lipinski definition) is 6. The largest absolute Gasteiger partial charge is 0.394 e. The zero-order valence-corrected chi connectivity index (χ0v) is 57.6. The van der Waals surface area contributed by atoms with Gasteiger partial charge in [0.15, 0.2) is 6.29 Å². The summed E-state index contributed by atoms with van der Waals surface area (Å²) < 4.78 is 11.3. The standard InChI is InChI=1S/C81H137NO8/c1-3-5-7-9-11-13-15-17-19-21-23-25-27-29-31-33-35-37-38-39-41-43-45-47-49-51-53-55-57-59-61-63-65-67-69-71-77(85)82-74(73-89-81-80(88)79(87)78(86)76(72-83)90-81)75(84)70-68-66-64-62-60-58-56-54-52-50-48-46-44-42-40-36-34-32-30-28-26-24-22-20-18-16-14-12-10-8-6-4-2/h5,7,11,13,17,19,23,25,29,31,35,37,39,41,45,47,51,53,57,59-60,62,68,70,74-76,78-81,83-84,86-88H,3-4,6,8-10,12,14-16,18,20-22,24,26-28,30,32-34,36,38,40,42-44,46,48-50,52,54-56,58,61,63-67,69,71-73H2,1-2H3,(H,82,85)/b7-5-,13-11-,19-17-,25-23-,31-29-,37-35-,41-39-,47-45-,53-51-,59-57-,62-60+,70-68+. The maximum atomic E-state index is 13.1. The number of ether oxygens (including phenoxy) is 2. The number of carbonyl (C=O) groups excluding carboxylic acids is 1. The van der Waals surface area contributed by atoms with Crippen LogP contribution in [0.2, 0.25) is 0 Å². The lowest BCUT2D eigenvalue weighted by Gasteiger charge is -2.40. The van der Waals surface area contributed by atoms with Crippen molar-refractivity contribution < 1.29 is 39.8 Å². The fourth-order valence-electron chi connectivity index (χ4n) is 10.9. The monoisotopic (exact) mass is 1250 g/mol. The SMILES string of the molecule is CC/C=C\C/C=C\C/C=C\C/C=C\C/C=C\C/C=C\C/C=C\C/C=C\C/C=C\C/C=C\CCCCCCC(=O)NC(COC1OC(CO)C(O)C(O)C1O)C(O)/C=C/CC/C=C/CCCCCCCCCCCCCCCCCCCCCCCCCCCC. The highest BCUT2D eigenvalue weighted by Crippen LogP contribution is 2.23. The predicted octanol–water partition coefficient (Wildman–Crippen LogP) is 20.9. The topological polar surface area (TPSA) is 149 Å². The molecule has 0 aromatic carbocycles. The van der Waals surface area contributed by atoms with Crippen LogP contribution >= 0.6 is 0 Å². The summed E-state index contributed by atoms with van der Waals surface area (Å²) in [4.78, 5) is 13.1. The molecule has 1 amide bonds. The van der Waals surface area contributed by atoms with Gasteiger partial charge < -0.3 is 40.3 Å². The maximum absolute atomic E-state index is 13.1. The Bertz CT molecular complexity index is 1940. The maximum Gasteiger partial charge on any atom is 0.220 e. The molecule has 0 radical (unpaired) electrons. The van der Waals surface area contributed by atoms with Crippen LogP contribution in [0.15, 0.2) is 146 Å². The summed E-state index contributed by atoms with van der Waals surface area (Å²) in [6, 6.07) is -0.849. The second kappa shape index (κ2) is 67.9. The van der Waals surface area contributed by atoms with Gasteiger partial charge in [-0.2, -0.15) is 0 Å². The molecule has 9 heteroatoms. The first-order valence-electron chi connectivity index (χ1n) is 37.1. The summed E-state index contributed by atoms with van der Waals surface area (Å²) in [5.74, 6) is -0.214. The van der Waals surface area contributed by atoms with Gasteiger partial charge in [-0.05, 0) is 109 Å². The molecule has 0 aromatic heterocycles. The molecule has 7 unspecified atom stereocenters. The number of unbranched alkanes of at least 4 members (excludes halogenated alkanes) is 31. The number of nitrogens with one attached hydrogen (secondary N) is 1. The smallest absolute Gasteiger partial charge is 0.220 e. The Hall–Kier alpha value is -3.93. The summed E-state index contributed by atoms with van der Waals surface area (Å²) in [6.07, 6.45) is 98.2. The van der Waals surface area contributed by atoms with Crippen molar-refractivity contribution >= 4 is 5.91 Å². The lowest BCUT2D eigenvalue weighted by molar-refractivity contribution is -0.302. The van der Waals surface area contributed by atoms with E-state index in [-0.39, 0.29) is 12.5 Å². The molecule has 0 bridgehead atoms. The second-order valence-electron chi connectivity index (χ2n) is 25.0. The molecule has 6 N–H and O–H groups in total. The Morgan fingerprint density at radius 2 is 0.700 bits per heavy atom. The molecule has 514 valence electrons. The first kappa shape index (κ1) is 84.1. The Kier molecular flexibility index (Phi) is 63.5. The number of aliphatic hydroxyl groups excluding tert-OH is 5. The highest BCUT2D eigenvalue weighted by atomic mass is 16.7. The first-order valence-corrected chi connectivity index (χ1v) is 37.1. The number of aliphatic hydroxyl groups is 5. The van der Waals surface area contributed by atoms with Gasteiger partial charge in [0.1, 0.15) is 24.4 Å². The Balaban J connectivity index is 2.19. The Morgan fingerprint density at radius 1 is 0.389 bits per heavy atom. The van der Waals surface area contributed by atoms with Crippen molar-refractivity contribution in [3.8, 4) is 0 Å². The van der Waals surface area contributed by atoms with E-state index in [1.165, 1.54) is 167 Å². The fourth-order valence-corrected chi connectivity index (χ4v) is 10.9. The Morgan fingerprint density at radius 3 is 1.07 bits per heavy atom. The van der Waals surface area contributed by atoms with E-state index in [1.54, 1.807) is 6.08 Å². The van der Waals surface area contributed by atoms with Gasteiger partial charge in [-0.25, -0.2) is 0 Å². The molecule has 0 aliphatic carbocycles. The molecule has 9 nitrogen and oxygen atoms in total. The minimum atomic E-state index is -1.59. The van der Waals surface area contributed by atoms with E-state index >= 15 is 0 Å². The minimum absolute atomic E-state index is 0.214. The van der Waals surface area contributed by atoms with Crippen LogP contribution in [-0.4, -0.2) is 87.5 Å². The van der Waals surface area contributed by atoms with E-state index in [0.29, 0.717) is 12.8 Å². The molecule has 1 heterocycles. The van der Waals surface area contributed by atoms with Gasteiger partial charge in [0, 0.05) is 6.42 Å². The molecule has 0 aromatic rings. The average molecular weight is 1250 g/mol. The van der Waals surface area contributed by atoms with Crippen molar-refractivity contribution in [2.75, 3.05) is 13.2 Å². The molecule has 1 fully saturated rings. The number of amides is 1. The quantitative estimate of drug-likeness (QED) is 0.0261. The summed E-state index contributed by atoms with van der Waals surface area (Å²) >= 11 is 0. The second-order valence-corrected chi connectivity index (χ2v) is 25.0. The van der Waals surface area contributed by atoms with E-state index in [2.05, 4.69) is 153 Å². The minimum Gasteiger partial charge on any atom is -0.394 e. The molecule has 7 atom stereocenters. The number of carbonyl (C=O) groups is 1. The molecule has 0 spiro atoms. The highest BCUT2D eigenvalue weighted by molar-refractivity contribution is 5.76. The zero-order chi connectivity index (χ0) is 64.9. The molecule has 1 rings (SSSR count). The van der Waals surface area contributed by atoms with Gasteiger partial charge in [0.25, 0.3) is 0 Å². The van der Waals surface area contributed by atoms with Crippen LogP contribution in [0.25, 0.3) is 0 Å². The van der Waals surface area contributed by atoms with Crippen molar-refractivity contribution in [3.05, 3.63) is 146 Å². The first-order chi connectivity index (χ1) is 44.3. The highest BCUT2D eigenvalue weighted by Gasteiger charge is 2.44. The molecule has 1 aliphatic heterocycles. The summed E-state index contributed by atoms with van der Waals surface area (Å²) in [5, 5.41) is 54.8. The van der Waals surface area contributed by atoms with Crippen molar-refractivity contribution in [1.29, 1.82) is 0 Å². The van der Waals surface area contributed by atoms with Gasteiger partial charge in [-0.3, -0.25) is 4.79 Å². The third kappa shape index (κ3) is 55.7. The third-order valence-electron chi connectivity index (χ3n) is 16.6. The van der Waals surface area contributed by atoms with Crippen molar-refractivity contribution in [3.63, 3.8) is 0 Å². The average Bonchev–Trinajstić information content (AvgIpc) is 1.28. The van der Waals surface area contributed by atoms with Crippen molar-refractivity contribution in [2.24, 2.45) is 0 Å². The molecule has 1 saturated heterocycles.